The average Bonchev–Trinajstić information content (AvgIpc) is 0.688. The minimum Gasteiger partial charge on any atom is -0.295 e. The Bertz CT molecular complexity index is 2740. The second kappa shape index (κ2) is 30.9. The van der Waals surface area contributed by atoms with Crippen LogP contribution < -0.4 is 0 Å². The lowest BCUT2D eigenvalue weighted by molar-refractivity contribution is -0.161. The van der Waals surface area contributed by atoms with Gasteiger partial charge in [0.2, 0.25) is 0 Å². The van der Waals surface area contributed by atoms with E-state index in [9.17, 15) is 0 Å². The molecule has 17 rings (SSSR count). The molecular formula is C102H175BN2. The number of hydrogen-bond acceptors (Lipinski definition) is 2. The smallest absolute Gasteiger partial charge is 0.156 e. The summed E-state index contributed by atoms with van der Waals surface area (Å²) < 4.78 is 0. The molecule has 105 heavy (non-hydrogen) atoms. The van der Waals surface area contributed by atoms with Crippen LogP contribution in [0.4, 0.5) is 0 Å². The maximum absolute atomic E-state index is 4.06. The van der Waals surface area contributed by atoms with Gasteiger partial charge in [-0.2, -0.15) is 0 Å². The van der Waals surface area contributed by atoms with Gasteiger partial charge in [-0.3, -0.25) is 9.80 Å². The first-order valence-corrected chi connectivity index (χ1v) is 49.8. The highest BCUT2D eigenvalue weighted by Gasteiger charge is 2.70. The maximum atomic E-state index is 4.06. The van der Waals surface area contributed by atoms with E-state index >= 15 is 0 Å². The molecule has 0 N–H and O–H groups in total. The molecule has 0 bridgehead atoms. The highest BCUT2D eigenvalue weighted by molar-refractivity contribution is 6.65. The summed E-state index contributed by atoms with van der Waals surface area (Å²) >= 11 is 0. The van der Waals surface area contributed by atoms with Gasteiger partial charge in [-0.1, -0.05) is 284 Å². The fourth-order valence-electron chi connectivity index (χ4n) is 35.6. The lowest BCUT2D eigenvalue weighted by Crippen LogP contribution is -2.77. The molecule has 2 nitrogen and oxygen atoms in total. The van der Waals surface area contributed by atoms with Crippen LogP contribution in [0.3, 0.4) is 0 Å². The van der Waals surface area contributed by atoms with Crippen molar-refractivity contribution in [2.45, 2.75) is 466 Å². The van der Waals surface area contributed by atoms with Crippen molar-refractivity contribution < 1.29 is 0 Å². The molecule has 2 heterocycles. The summed E-state index contributed by atoms with van der Waals surface area (Å²) in [6, 6.07) is 4.97. The molecule has 0 aromatic carbocycles. The molecule has 23 atom stereocenters. The summed E-state index contributed by atoms with van der Waals surface area (Å²) in [5, 5.41) is 0. The highest BCUT2D eigenvalue weighted by atomic mass is 15.3. The zero-order valence-electron chi connectivity index (χ0n) is 72.5. The minimum absolute atomic E-state index is 0.387. The van der Waals surface area contributed by atoms with Crippen molar-refractivity contribution >= 4 is 6.71 Å². The van der Waals surface area contributed by atoms with E-state index in [2.05, 4.69) is 114 Å². The second-order valence-electron chi connectivity index (χ2n) is 50.3. The average molecular weight is 1440 g/mol. The molecule has 23 unspecified atom stereocenters. The van der Waals surface area contributed by atoms with Crippen molar-refractivity contribution in [1.82, 2.24) is 9.80 Å². The monoisotopic (exact) mass is 1440 g/mol. The van der Waals surface area contributed by atoms with E-state index in [1.54, 1.807) is 212 Å². The summed E-state index contributed by atoms with van der Waals surface area (Å²) in [4.78, 5) is 8.03. The van der Waals surface area contributed by atoms with E-state index in [0.29, 0.717) is 27.1 Å². The Morgan fingerprint density at radius 3 is 0.990 bits per heavy atom. The highest BCUT2D eigenvalue weighted by Crippen LogP contribution is 2.72. The summed E-state index contributed by atoms with van der Waals surface area (Å²) in [7, 11) is 0. The normalized spacial score (nSPS) is 47.5. The van der Waals surface area contributed by atoms with Gasteiger partial charge in [0.05, 0.1) is 0 Å². The van der Waals surface area contributed by atoms with Gasteiger partial charge >= 0.3 is 0 Å². The third-order valence-corrected chi connectivity index (χ3v) is 40.9. The van der Waals surface area contributed by atoms with Crippen LogP contribution in [0.25, 0.3) is 0 Å². The predicted molar refractivity (Wildman–Crippen MR) is 450 cm³/mol. The molecular weight excluding hydrogens is 1260 g/mol. The minimum atomic E-state index is 0.387. The molecule has 0 aromatic heterocycles. The fraction of sp³-hybridized carbons (Fsp3) is 1.00. The molecule has 17 aliphatic rings. The quantitative estimate of drug-likeness (QED) is 0.212. The van der Waals surface area contributed by atoms with Crippen molar-refractivity contribution in [3.8, 4) is 0 Å². The number of fused-ring (bicyclic) bond motifs is 4. The van der Waals surface area contributed by atoms with E-state index in [4.69, 9.17) is 0 Å². The van der Waals surface area contributed by atoms with Crippen molar-refractivity contribution in [2.24, 2.45) is 175 Å². The van der Waals surface area contributed by atoms with Gasteiger partial charge in [0.25, 0.3) is 0 Å². The standard InChI is InChI=1S/C102H175BN2/c1-98(2,3)76-47-43-65(44-48-76)74-57-91-95-92(58-74)105(97-84(68-37-27-19-28-38-68)61-80(102(13,14)15)62-85(97)69-39-29-20-30-40-69)90-56-71(81-54-75-53-77(99(4,5)6)51-72-41-42-73-52-78(100(7,8)9)63-86(81)94(73)93(72)75)45-49-87(90)103(95)88-55-70(64-31-21-16-22-32-64)46-50-89(88)104(91)96-82(66-33-23-17-24-34-66)59-79(101(10,11)12)60-83(96)67-35-25-18-26-36-67/h64-97H,16-63H2,1-15H3. The molecule has 0 aromatic rings. The van der Waals surface area contributed by atoms with Crippen molar-refractivity contribution in [3.05, 3.63) is 0 Å². The molecule has 0 amide bonds. The topological polar surface area (TPSA) is 6.48 Å². The van der Waals surface area contributed by atoms with Crippen LogP contribution in [0.5, 0.6) is 0 Å². The van der Waals surface area contributed by atoms with Gasteiger partial charge in [-0.05, 0) is 321 Å². The second-order valence-corrected chi connectivity index (χ2v) is 50.3. The summed E-state index contributed by atoms with van der Waals surface area (Å²) in [6.45, 7) is 41.8. The Morgan fingerprint density at radius 1 is 0.200 bits per heavy atom. The molecule has 15 saturated carbocycles. The molecule has 15 aliphatic carbocycles. The Balaban J connectivity index is 0.864. The Labute approximate surface area is 653 Å². The summed E-state index contributed by atoms with van der Waals surface area (Å²) in [6.07, 6.45) is 75.3. The van der Waals surface area contributed by atoms with Crippen LogP contribution in [0.15, 0.2) is 0 Å². The first-order chi connectivity index (χ1) is 50.2. The number of nitrogens with zero attached hydrogens (tertiary/aromatic N) is 2. The van der Waals surface area contributed by atoms with Crippen LogP contribution in [-0.2, 0) is 0 Å². The third kappa shape index (κ3) is 15.2. The van der Waals surface area contributed by atoms with Gasteiger partial charge in [-0.25, -0.2) is 0 Å². The Kier molecular flexibility index (Phi) is 22.8. The Hall–Kier alpha value is -0.0151. The van der Waals surface area contributed by atoms with E-state index < -0.39 is 0 Å². The van der Waals surface area contributed by atoms with Crippen LogP contribution in [0.1, 0.15) is 412 Å². The number of rotatable bonds is 9. The zero-order chi connectivity index (χ0) is 72.8. The van der Waals surface area contributed by atoms with E-state index in [1.807, 2.05) is 0 Å². The molecule has 3 heteroatoms. The van der Waals surface area contributed by atoms with E-state index in [1.165, 1.54) is 96.3 Å². The molecule has 0 spiro atoms. The van der Waals surface area contributed by atoms with Gasteiger partial charge < -0.3 is 0 Å². The van der Waals surface area contributed by atoms with Gasteiger partial charge in [0.1, 0.15) is 0 Å². The number of hydrogen-bond donors (Lipinski definition) is 0. The first-order valence-electron chi connectivity index (χ1n) is 49.8. The zero-order valence-corrected chi connectivity index (χ0v) is 72.5. The molecule has 2 saturated heterocycles. The first kappa shape index (κ1) is 77.6. The Morgan fingerprint density at radius 2 is 0.543 bits per heavy atom. The van der Waals surface area contributed by atoms with Crippen LogP contribution in [0.2, 0.25) is 17.5 Å². The molecule has 0 radical (unpaired) electrons. The predicted octanol–water partition coefficient (Wildman–Crippen LogP) is 29.0. The van der Waals surface area contributed by atoms with Gasteiger partial charge in [0, 0.05) is 36.3 Å². The van der Waals surface area contributed by atoms with E-state index in [0.717, 1.165) is 208 Å². The fourth-order valence-corrected chi connectivity index (χ4v) is 35.6. The molecule has 596 valence electrons. The lowest BCUT2D eigenvalue weighted by Gasteiger charge is -2.73. The third-order valence-electron chi connectivity index (χ3n) is 40.9. The van der Waals surface area contributed by atoms with Crippen molar-refractivity contribution in [3.63, 3.8) is 0 Å². The summed E-state index contributed by atoms with van der Waals surface area (Å²) in [5.74, 6) is 26.7. The van der Waals surface area contributed by atoms with Crippen molar-refractivity contribution in [2.75, 3.05) is 0 Å². The molecule has 2 aliphatic heterocycles. The lowest BCUT2D eigenvalue weighted by atomic mass is 9.17. The maximum Gasteiger partial charge on any atom is 0.156 e. The molecule has 17 fully saturated rings. The van der Waals surface area contributed by atoms with Gasteiger partial charge in [0.15, 0.2) is 6.71 Å². The SMILES string of the molecule is CC(C)(C)C1CCC(C2CC3C4B(C5CC(C6CCCCC6)CCC5N3C3C(C5CCCCC5)CC(C(C)(C)C)CC3C3CCCCC3)C3CCC(C5CC6CC(C(C)(C)C)CC7CCC8CC(C(C)(C)C)CC5C8C76)CC3N(C3C(C5CCCCC5)CC(C(C)(C)C)CC3C3CCCCC3)C4C2)CC1. The largest absolute Gasteiger partial charge is 0.295 e. The van der Waals surface area contributed by atoms with Crippen LogP contribution >= 0.6 is 0 Å². The summed E-state index contributed by atoms with van der Waals surface area (Å²) in [5.41, 5.74) is 2.09. The van der Waals surface area contributed by atoms with Crippen LogP contribution in [0, 0.1) is 175 Å². The van der Waals surface area contributed by atoms with Crippen LogP contribution in [-0.4, -0.2) is 52.8 Å². The van der Waals surface area contributed by atoms with Crippen molar-refractivity contribution in [1.29, 1.82) is 0 Å². The van der Waals surface area contributed by atoms with Gasteiger partial charge in [-0.15, -0.1) is 0 Å². The van der Waals surface area contributed by atoms with E-state index in [-0.39, 0.29) is 0 Å².